The summed E-state index contributed by atoms with van der Waals surface area (Å²) in [5, 5.41) is 0.173. The van der Waals surface area contributed by atoms with Gasteiger partial charge in [0.05, 0.1) is 0 Å². The van der Waals surface area contributed by atoms with Gasteiger partial charge in [-0.25, -0.2) is 17.5 Å². The Kier molecular flexibility index (Phi) is 6.17. The van der Waals surface area contributed by atoms with Crippen molar-refractivity contribution in [3.05, 3.63) is 29.0 Å². The molecule has 0 unspecified atom stereocenters. The molecule has 2 rings (SSSR count). The van der Waals surface area contributed by atoms with Crippen LogP contribution in [0.4, 0.5) is 4.39 Å². The number of nitrogens with one attached hydrogen (secondary N) is 1. The minimum Gasteiger partial charge on any atom is -0.304 e. The van der Waals surface area contributed by atoms with Gasteiger partial charge in [-0.1, -0.05) is 11.6 Å². The molecule has 1 aromatic rings. The van der Waals surface area contributed by atoms with Crippen LogP contribution in [0.1, 0.15) is 6.42 Å². The minimum absolute atomic E-state index is 0.173. The molecule has 22 heavy (non-hydrogen) atoms. The third kappa shape index (κ3) is 4.89. The molecule has 0 radical (unpaired) electrons. The van der Waals surface area contributed by atoms with Gasteiger partial charge in [0.2, 0.25) is 10.0 Å². The van der Waals surface area contributed by atoms with E-state index in [1.807, 2.05) is 0 Å². The van der Waals surface area contributed by atoms with Crippen LogP contribution in [0.25, 0.3) is 0 Å². The molecular weight excluding hydrogens is 329 g/mol. The molecule has 0 aromatic heterocycles. The highest BCUT2D eigenvalue weighted by Gasteiger charge is 2.19. The number of hydrogen-bond acceptors (Lipinski definition) is 4. The summed E-state index contributed by atoms with van der Waals surface area (Å²) in [5.41, 5.74) is 0. The quantitative estimate of drug-likeness (QED) is 0.789. The molecule has 0 saturated carbocycles. The number of nitrogens with zero attached hydrogens (tertiary/aromatic N) is 2. The first kappa shape index (κ1) is 17.6. The van der Waals surface area contributed by atoms with Crippen molar-refractivity contribution in [2.45, 2.75) is 11.3 Å². The highest BCUT2D eigenvalue weighted by molar-refractivity contribution is 7.89. The topological polar surface area (TPSA) is 52.6 Å². The molecule has 1 N–H and O–H groups in total. The summed E-state index contributed by atoms with van der Waals surface area (Å²) in [6, 6.07) is 3.55. The van der Waals surface area contributed by atoms with Gasteiger partial charge in [-0.15, -0.1) is 0 Å². The van der Waals surface area contributed by atoms with Crippen LogP contribution >= 0.6 is 11.6 Å². The Morgan fingerprint density at radius 1 is 1.27 bits per heavy atom. The molecule has 0 atom stereocenters. The van der Waals surface area contributed by atoms with Gasteiger partial charge in [0.15, 0.2) is 0 Å². The zero-order valence-corrected chi connectivity index (χ0v) is 14.1. The van der Waals surface area contributed by atoms with E-state index in [-0.39, 0.29) is 16.5 Å². The number of benzene rings is 1. The number of piperazine rings is 1. The van der Waals surface area contributed by atoms with Gasteiger partial charge in [-0.2, -0.15) is 0 Å². The third-order valence-corrected chi connectivity index (χ3v) is 5.45. The molecule has 1 aromatic carbocycles. The maximum absolute atomic E-state index is 13.7. The minimum atomic E-state index is -3.83. The predicted octanol–water partition coefficient (Wildman–Crippen LogP) is 1.39. The molecular formula is C14H21ClFN3O2S. The fourth-order valence-electron chi connectivity index (χ4n) is 2.35. The lowest BCUT2D eigenvalue weighted by Crippen LogP contribution is -2.45. The molecule has 1 aliphatic heterocycles. The first-order valence-corrected chi connectivity index (χ1v) is 9.10. The largest absolute Gasteiger partial charge is 0.304 e. The summed E-state index contributed by atoms with van der Waals surface area (Å²) >= 11 is 5.63. The SMILES string of the molecule is CN1CCN(CCCNS(=O)(=O)c2ccc(Cl)cc2F)CC1. The second-order valence-electron chi connectivity index (χ2n) is 5.47. The van der Waals surface area contributed by atoms with Crippen LogP contribution in [-0.2, 0) is 10.0 Å². The second kappa shape index (κ2) is 7.70. The molecule has 1 heterocycles. The zero-order chi connectivity index (χ0) is 16.2. The highest BCUT2D eigenvalue weighted by atomic mass is 35.5. The Balaban J connectivity index is 1.80. The van der Waals surface area contributed by atoms with E-state index in [4.69, 9.17) is 11.6 Å². The van der Waals surface area contributed by atoms with E-state index in [2.05, 4.69) is 21.6 Å². The number of sulfonamides is 1. The van der Waals surface area contributed by atoms with Crippen LogP contribution < -0.4 is 4.72 Å². The Bertz CT molecular complexity index is 604. The molecule has 0 spiro atoms. The van der Waals surface area contributed by atoms with Gasteiger partial charge < -0.3 is 9.80 Å². The second-order valence-corrected chi connectivity index (χ2v) is 7.64. The maximum Gasteiger partial charge on any atom is 0.243 e. The Morgan fingerprint density at radius 2 is 1.95 bits per heavy atom. The molecule has 5 nitrogen and oxygen atoms in total. The fourth-order valence-corrected chi connectivity index (χ4v) is 3.64. The number of halogens is 2. The Labute approximate surface area is 136 Å². The van der Waals surface area contributed by atoms with E-state index < -0.39 is 15.8 Å². The molecule has 8 heteroatoms. The van der Waals surface area contributed by atoms with Crippen molar-refractivity contribution in [2.75, 3.05) is 46.3 Å². The van der Waals surface area contributed by atoms with Crippen LogP contribution in [0.15, 0.2) is 23.1 Å². The average molecular weight is 350 g/mol. The lowest BCUT2D eigenvalue weighted by Gasteiger charge is -2.32. The summed E-state index contributed by atoms with van der Waals surface area (Å²) in [4.78, 5) is 4.20. The van der Waals surface area contributed by atoms with Crippen LogP contribution in [0.2, 0.25) is 5.02 Å². The highest BCUT2D eigenvalue weighted by Crippen LogP contribution is 2.18. The van der Waals surface area contributed by atoms with Crippen molar-refractivity contribution < 1.29 is 12.8 Å². The Hall–Kier alpha value is -0.730. The van der Waals surface area contributed by atoms with E-state index in [1.165, 1.54) is 12.1 Å². The molecule has 1 saturated heterocycles. The maximum atomic E-state index is 13.7. The lowest BCUT2D eigenvalue weighted by molar-refractivity contribution is 0.153. The summed E-state index contributed by atoms with van der Waals surface area (Å²) in [6.07, 6.45) is 0.693. The van der Waals surface area contributed by atoms with Gasteiger partial charge in [-0.3, -0.25) is 0 Å². The Morgan fingerprint density at radius 3 is 2.59 bits per heavy atom. The molecule has 1 fully saturated rings. The first-order valence-electron chi connectivity index (χ1n) is 7.24. The van der Waals surface area contributed by atoms with Crippen LogP contribution in [0.5, 0.6) is 0 Å². The molecule has 1 aliphatic rings. The van der Waals surface area contributed by atoms with Crippen LogP contribution in [0.3, 0.4) is 0 Å². The number of likely N-dealkylation sites (N-methyl/N-ethyl adjacent to an activating group) is 1. The number of hydrogen-bond donors (Lipinski definition) is 1. The van der Waals surface area contributed by atoms with Gasteiger partial charge >= 0.3 is 0 Å². The molecule has 0 aliphatic carbocycles. The predicted molar refractivity (Wildman–Crippen MR) is 85.2 cm³/mol. The third-order valence-electron chi connectivity index (χ3n) is 3.72. The van der Waals surface area contributed by atoms with Crippen molar-refractivity contribution in [3.8, 4) is 0 Å². The van der Waals surface area contributed by atoms with Gasteiger partial charge in [0.1, 0.15) is 10.7 Å². The van der Waals surface area contributed by atoms with E-state index in [0.717, 1.165) is 38.8 Å². The van der Waals surface area contributed by atoms with Crippen molar-refractivity contribution >= 4 is 21.6 Å². The van der Waals surface area contributed by atoms with Gasteiger partial charge in [-0.05, 0) is 38.2 Å². The van der Waals surface area contributed by atoms with Crippen molar-refractivity contribution in [1.29, 1.82) is 0 Å². The molecule has 0 amide bonds. The van der Waals surface area contributed by atoms with E-state index in [1.54, 1.807) is 0 Å². The molecule has 124 valence electrons. The van der Waals surface area contributed by atoms with Crippen LogP contribution in [0, 0.1) is 5.82 Å². The van der Waals surface area contributed by atoms with E-state index in [9.17, 15) is 12.8 Å². The summed E-state index contributed by atoms with van der Waals surface area (Å²) in [7, 11) is -1.74. The first-order chi connectivity index (χ1) is 10.4. The normalized spacial score (nSPS) is 17.8. The summed E-state index contributed by atoms with van der Waals surface area (Å²) in [6.45, 7) is 5.17. The molecule has 0 bridgehead atoms. The summed E-state index contributed by atoms with van der Waals surface area (Å²) in [5.74, 6) is -0.834. The monoisotopic (exact) mass is 349 g/mol. The van der Waals surface area contributed by atoms with Gasteiger partial charge in [0.25, 0.3) is 0 Å². The van der Waals surface area contributed by atoms with Crippen molar-refractivity contribution in [2.24, 2.45) is 0 Å². The zero-order valence-electron chi connectivity index (χ0n) is 12.6. The van der Waals surface area contributed by atoms with Crippen molar-refractivity contribution in [3.63, 3.8) is 0 Å². The fraction of sp³-hybridized carbons (Fsp3) is 0.571. The van der Waals surface area contributed by atoms with E-state index >= 15 is 0 Å². The number of rotatable bonds is 6. The lowest BCUT2D eigenvalue weighted by atomic mass is 10.3. The standard InChI is InChI=1S/C14H21ClFN3O2S/c1-18-7-9-19(10-8-18)6-2-5-17-22(20,21)14-4-3-12(15)11-13(14)16/h3-4,11,17H,2,5-10H2,1H3. The smallest absolute Gasteiger partial charge is 0.243 e. The van der Waals surface area contributed by atoms with Crippen molar-refractivity contribution in [1.82, 2.24) is 14.5 Å². The van der Waals surface area contributed by atoms with E-state index in [0.29, 0.717) is 6.42 Å². The van der Waals surface area contributed by atoms with Gasteiger partial charge in [0, 0.05) is 37.7 Å². The van der Waals surface area contributed by atoms with Crippen LogP contribution in [-0.4, -0.2) is 64.5 Å². The average Bonchev–Trinajstić information content (AvgIpc) is 2.45. The summed E-state index contributed by atoms with van der Waals surface area (Å²) < 4.78 is 40.2.